The summed E-state index contributed by atoms with van der Waals surface area (Å²) in [7, 11) is 1.97. The molecule has 1 heterocycles. The summed E-state index contributed by atoms with van der Waals surface area (Å²) in [6, 6.07) is 10.5. The van der Waals surface area contributed by atoms with Gasteiger partial charge in [0, 0.05) is 41.0 Å². The second-order valence-electron chi connectivity index (χ2n) is 10.5. The summed E-state index contributed by atoms with van der Waals surface area (Å²) in [6.45, 7) is 12.7. The molecule has 0 aromatic heterocycles. The molecule has 1 unspecified atom stereocenters. The zero-order valence-electron chi connectivity index (χ0n) is 19.9. The molecule has 32 heavy (non-hydrogen) atoms. The Balaban J connectivity index is 2.19. The number of nitrogens with zero attached hydrogens (tertiary/aromatic N) is 3. The van der Waals surface area contributed by atoms with E-state index in [1.54, 1.807) is 12.1 Å². The van der Waals surface area contributed by atoms with Gasteiger partial charge in [0.25, 0.3) is 5.69 Å². The van der Waals surface area contributed by atoms with Gasteiger partial charge in [0.1, 0.15) is 23.3 Å². The van der Waals surface area contributed by atoms with Gasteiger partial charge in [0.15, 0.2) is 0 Å². The Morgan fingerprint density at radius 2 is 1.53 bits per heavy atom. The van der Waals surface area contributed by atoms with Crippen LogP contribution in [0.15, 0.2) is 47.6 Å². The average Bonchev–Trinajstić information content (AvgIpc) is 3.04. The van der Waals surface area contributed by atoms with Gasteiger partial charge in [-0.2, -0.15) is 4.99 Å². The molecule has 1 aliphatic heterocycles. The highest BCUT2D eigenvalue weighted by atomic mass is 16.6. The molecule has 2 aromatic carbocycles. The molecule has 7 heteroatoms. The number of rotatable bonds is 4. The Labute approximate surface area is 189 Å². The number of likely N-dealkylation sites (N-methyl/N-ethyl adjacent to an activating group) is 1. The smallest absolute Gasteiger partial charge is 0.269 e. The van der Waals surface area contributed by atoms with Gasteiger partial charge in [0.05, 0.1) is 18.5 Å². The molecule has 0 bridgehead atoms. The molecule has 7 nitrogen and oxygen atoms in total. The van der Waals surface area contributed by atoms with Gasteiger partial charge in [-0.25, -0.2) is 4.48 Å². The molecule has 0 aliphatic carbocycles. The third-order valence-corrected chi connectivity index (χ3v) is 5.97. The SMILES string of the molecule is CC(C)(C)c1cc(C2=C[N+](C)(c3ccc([N+](=O)[O-])cc3)C(CN)=N2)cc(C(C)(C)C)c1O. The van der Waals surface area contributed by atoms with E-state index in [1.807, 2.05) is 25.4 Å². The first-order chi connectivity index (χ1) is 14.7. The van der Waals surface area contributed by atoms with Crippen LogP contribution in [0.3, 0.4) is 0 Å². The predicted molar refractivity (Wildman–Crippen MR) is 131 cm³/mol. The molecule has 0 spiro atoms. The zero-order valence-corrected chi connectivity index (χ0v) is 19.9. The Hall–Kier alpha value is -3.03. The molecule has 1 atom stereocenters. The molecule has 0 radical (unpaired) electrons. The Morgan fingerprint density at radius 3 is 1.94 bits per heavy atom. The van der Waals surface area contributed by atoms with Gasteiger partial charge in [-0.1, -0.05) is 41.5 Å². The van der Waals surface area contributed by atoms with E-state index in [0.29, 0.717) is 5.75 Å². The van der Waals surface area contributed by atoms with Crippen LogP contribution in [0, 0.1) is 10.1 Å². The van der Waals surface area contributed by atoms with Crippen molar-refractivity contribution >= 4 is 22.9 Å². The minimum absolute atomic E-state index is 0.0400. The van der Waals surface area contributed by atoms with Gasteiger partial charge in [-0.15, -0.1) is 0 Å². The van der Waals surface area contributed by atoms with E-state index < -0.39 is 4.92 Å². The maximum absolute atomic E-state index is 11.0. The van der Waals surface area contributed by atoms with Crippen molar-refractivity contribution in [2.24, 2.45) is 10.7 Å². The number of quaternary nitrogens is 1. The van der Waals surface area contributed by atoms with Crippen molar-refractivity contribution in [1.29, 1.82) is 0 Å². The predicted octanol–water partition coefficient (Wildman–Crippen LogP) is 5.20. The van der Waals surface area contributed by atoms with Gasteiger partial charge in [-0.3, -0.25) is 10.1 Å². The summed E-state index contributed by atoms with van der Waals surface area (Å²) in [6.07, 6.45) is 2.01. The summed E-state index contributed by atoms with van der Waals surface area (Å²) in [4.78, 5) is 15.5. The fourth-order valence-electron chi connectivity index (χ4n) is 4.00. The number of amidine groups is 1. The van der Waals surface area contributed by atoms with E-state index in [4.69, 9.17) is 10.7 Å². The lowest BCUT2D eigenvalue weighted by Crippen LogP contribution is -2.47. The molecule has 3 rings (SSSR count). The van der Waals surface area contributed by atoms with Gasteiger partial charge in [-0.05, 0) is 23.0 Å². The van der Waals surface area contributed by atoms with Crippen LogP contribution in [0.25, 0.3) is 5.70 Å². The second-order valence-corrected chi connectivity index (χ2v) is 10.5. The molecule has 170 valence electrons. The van der Waals surface area contributed by atoms with E-state index >= 15 is 0 Å². The minimum Gasteiger partial charge on any atom is -0.507 e. The number of aromatic hydroxyl groups is 1. The minimum atomic E-state index is -0.411. The average molecular weight is 438 g/mol. The third kappa shape index (κ3) is 4.18. The highest BCUT2D eigenvalue weighted by Crippen LogP contribution is 2.42. The Bertz CT molecular complexity index is 1080. The number of benzene rings is 2. The fraction of sp³-hybridized carbons (Fsp3) is 0.400. The molecule has 3 N–H and O–H groups in total. The number of aliphatic imine (C=N–C) groups is 1. The summed E-state index contributed by atoms with van der Waals surface area (Å²) in [5.74, 6) is 1.06. The van der Waals surface area contributed by atoms with E-state index in [2.05, 4.69) is 41.5 Å². The number of nitrogens with two attached hydrogens (primary N) is 1. The lowest BCUT2D eigenvalue weighted by molar-refractivity contribution is -0.384. The molecule has 0 saturated carbocycles. The Kier molecular flexibility index (Phi) is 5.78. The maximum Gasteiger partial charge on any atom is 0.269 e. The normalized spacial score (nSPS) is 19.0. The second kappa shape index (κ2) is 7.83. The van der Waals surface area contributed by atoms with Crippen molar-refractivity contribution in [2.75, 3.05) is 13.6 Å². The molecule has 0 amide bonds. The van der Waals surface area contributed by atoms with Crippen LogP contribution in [-0.4, -0.2) is 29.5 Å². The van der Waals surface area contributed by atoms with Gasteiger partial charge in [0.2, 0.25) is 5.84 Å². The highest BCUT2D eigenvalue weighted by molar-refractivity contribution is 6.03. The summed E-state index contributed by atoms with van der Waals surface area (Å²) in [5, 5.41) is 22.1. The summed E-state index contributed by atoms with van der Waals surface area (Å²) >= 11 is 0. The monoisotopic (exact) mass is 437 g/mol. The molecular weight excluding hydrogens is 404 g/mol. The molecule has 0 fully saturated rings. The Morgan fingerprint density at radius 1 is 1.03 bits per heavy atom. The first-order valence-electron chi connectivity index (χ1n) is 10.7. The number of nitro groups is 1. The van der Waals surface area contributed by atoms with E-state index in [1.165, 1.54) is 12.1 Å². The van der Waals surface area contributed by atoms with Crippen LogP contribution in [0.1, 0.15) is 58.2 Å². The lowest BCUT2D eigenvalue weighted by Gasteiger charge is -2.28. The summed E-state index contributed by atoms with van der Waals surface area (Å²) < 4.78 is 0.237. The van der Waals surface area contributed by atoms with Crippen LogP contribution >= 0.6 is 0 Å². The number of hydrogen-bond donors (Lipinski definition) is 2. The van der Waals surface area contributed by atoms with Crippen LogP contribution in [0.2, 0.25) is 0 Å². The van der Waals surface area contributed by atoms with Gasteiger partial charge < -0.3 is 10.8 Å². The van der Waals surface area contributed by atoms with Gasteiger partial charge >= 0.3 is 0 Å². The fourth-order valence-corrected chi connectivity index (χ4v) is 4.00. The first kappa shape index (κ1) is 23.6. The van der Waals surface area contributed by atoms with Crippen molar-refractivity contribution in [3.63, 3.8) is 0 Å². The van der Waals surface area contributed by atoms with Crippen LogP contribution in [0.5, 0.6) is 5.75 Å². The van der Waals surface area contributed by atoms with Crippen molar-refractivity contribution in [3.05, 3.63) is 69.4 Å². The van der Waals surface area contributed by atoms with Crippen molar-refractivity contribution in [1.82, 2.24) is 4.48 Å². The molecule has 2 aromatic rings. The third-order valence-electron chi connectivity index (χ3n) is 5.97. The topological polar surface area (TPSA) is 102 Å². The molecule has 0 saturated heterocycles. The maximum atomic E-state index is 11.0. The first-order valence-corrected chi connectivity index (χ1v) is 10.7. The van der Waals surface area contributed by atoms with E-state index in [0.717, 1.165) is 33.9 Å². The van der Waals surface area contributed by atoms with Crippen molar-refractivity contribution in [3.8, 4) is 5.75 Å². The number of non-ortho nitro benzene ring substituents is 1. The molecule has 1 aliphatic rings. The number of nitro benzene ring substituents is 1. The van der Waals surface area contributed by atoms with Crippen LogP contribution in [-0.2, 0) is 10.8 Å². The number of phenolic OH excluding ortho intramolecular Hbond substituents is 1. The van der Waals surface area contributed by atoms with Crippen molar-refractivity contribution < 1.29 is 10.0 Å². The standard InChI is InChI=1S/C25H32N4O3/c1-24(2,3)19-12-16(13-20(23(19)30)25(4,5)6)21-15-29(7,22(14-26)27-21)18-10-8-17(9-11-18)28(31)32/h8-13,15H,14,26H2,1-7H3/p+1. The molecular formula is C25H33N4O3+. The van der Waals surface area contributed by atoms with Crippen LogP contribution < -0.4 is 10.2 Å². The number of hydrogen-bond acceptors (Lipinski definition) is 5. The number of phenols is 1. The lowest BCUT2D eigenvalue weighted by atomic mass is 9.78. The van der Waals surface area contributed by atoms with Crippen molar-refractivity contribution in [2.45, 2.75) is 52.4 Å². The largest absolute Gasteiger partial charge is 0.507 e. The zero-order chi connectivity index (χ0) is 24.1. The van der Waals surface area contributed by atoms with Crippen LogP contribution in [0.4, 0.5) is 11.4 Å². The van der Waals surface area contributed by atoms with E-state index in [9.17, 15) is 15.2 Å². The summed E-state index contributed by atoms with van der Waals surface area (Å²) in [5.41, 5.74) is 9.83. The quantitative estimate of drug-likeness (QED) is 0.390. The van der Waals surface area contributed by atoms with E-state index in [-0.39, 0.29) is 27.5 Å². The highest BCUT2D eigenvalue weighted by Gasteiger charge is 2.37.